The van der Waals surface area contributed by atoms with E-state index in [1.165, 1.54) is 4.90 Å². The van der Waals surface area contributed by atoms with Gasteiger partial charge in [-0.25, -0.2) is 4.98 Å². The summed E-state index contributed by atoms with van der Waals surface area (Å²) in [6.07, 6.45) is -0.575. The van der Waals surface area contributed by atoms with Crippen molar-refractivity contribution in [1.82, 2.24) is 14.5 Å². The maximum Gasteiger partial charge on any atom is 0.401 e. The second-order valence-electron chi connectivity index (χ2n) is 4.75. The van der Waals surface area contributed by atoms with Gasteiger partial charge in [-0.15, -0.1) is 0 Å². The van der Waals surface area contributed by atoms with E-state index in [1.807, 2.05) is 18.4 Å². The Bertz CT molecular complexity index is 377. The van der Waals surface area contributed by atoms with E-state index >= 15 is 0 Å². The van der Waals surface area contributed by atoms with Crippen LogP contribution in [-0.2, 0) is 6.54 Å². The van der Waals surface area contributed by atoms with E-state index in [1.54, 1.807) is 12.4 Å². The van der Waals surface area contributed by atoms with Gasteiger partial charge in [0.05, 0.1) is 13.1 Å². The molecule has 1 heterocycles. The lowest BCUT2D eigenvalue weighted by Gasteiger charge is -2.24. The average molecular weight is 279 g/mol. The van der Waals surface area contributed by atoms with E-state index in [0.717, 1.165) is 0 Å². The lowest BCUT2D eigenvalue weighted by molar-refractivity contribution is -0.147. The highest BCUT2D eigenvalue weighted by Gasteiger charge is 2.31. The third kappa shape index (κ3) is 5.61. The Balaban J connectivity index is 2.72. The van der Waals surface area contributed by atoms with Crippen LogP contribution in [0, 0.1) is 0 Å². The minimum absolute atomic E-state index is 0.118. The minimum Gasteiger partial charge on any atom is -0.396 e. The Morgan fingerprint density at radius 3 is 2.63 bits per heavy atom. The van der Waals surface area contributed by atoms with Gasteiger partial charge in [0.1, 0.15) is 5.82 Å². The van der Waals surface area contributed by atoms with Gasteiger partial charge in [-0.2, -0.15) is 13.2 Å². The van der Waals surface area contributed by atoms with E-state index in [9.17, 15) is 13.2 Å². The normalized spacial score (nSPS) is 12.6. The lowest BCUT2D eigenvalue weighted by Crippen LogP contribution is -2.35. The van der Waals surface area contributed by atoms with E-state index < -0.39 is 12.7 Å². The van der Waals surface area contributed by atoms with Crippen molar-refractivity contribution < 1.29 is 18.3 Å². The molecule has 0 amide bonds. The third-order valence-electron chi connectivity index (χ3n) is 2.71. The molecule has 1 N–H and O–H groups in total. The van der Waals surface area contributed by atoms with Crippen LogP contribution < -0.4 is 0 Å². The zero-order valence-corrected chi connectivity index (χ0v) is 11.2. The van der Waals surface area contributed by atoms with Crippen molar-refractivity contribution in [3.63, 3.8) is 0 Å². The monoisotopic (exact) mass is 279 g/mol. The van der Waals surface area contributed by atoms with Crippen molar-refractivity contribution in [3.05, 3.63) is 18.2 Å². The van der Waals surface area contributed by atoms with Crippen LogP contribution in [-0.4, -0.2) is 45.4 Å². The molecule has 0 spiro atoms. The number of aliphatic hydroxyl groups is 1. The molecule has 1 aromatic rings. The number of imidazole rings is 1. The van der Waals surface area contributed by atoms with Crippen LogP contribution in [0.25, 0.3) is 0 Å². The number of rotatable bonds is 7. The van der Waals surface area contributed by atoms with Crippen molar-refractivity contribution >= 4 is 0 Å². The van der Waals surface area contributed by atoms with Crippen LogP contribution in [0.2, 0.25) is 0 Å². The van der Waals surface area contributed by atoms with Gasteiger partial charge in [0.25, 0.3) is 0 Å². The quantitative estimate of drug-likeness (QED) is 0.832. The highest BCUT2D eigenvalue weighted by molar-refractivity contribution is 4.94. The lowest BCUT2D eigenvalue weighted by atomic mass is 10.3. The van der Waals surface area contributed by atoms with Gasteiger partial charge in [0.15, 0.2) is 0 Å². The molecule has 0 fully saturated rings. The van der Waals surface area contributed by atoms with Crippen molar-refractivity contribution in [2.45, 2.75) is 39.0 Å². The molecule has 4 nitrogen and oxygen atoms in total. The minimum atomic E-state index is -4.25. The molecular weight excluding hydrogens is 259 g/mol. The van der Waals surface area contributed by atoms with Crippen molar-refractivity contribution in [3.8, 4) is 0 Å². The summed E-state index contributed by atoms with van der Waals surface area (Å²) in [6.45, 7) is 3.12. The first-order valence-corrected chi connectivity index (χ1v) is 6.25. The van der Waals surface area contributed by atoms with Gasteiger partial charge in [-0.05, 0) is 20.3 Å². The Morgan fingerprint density at radius 1 is 1.42 bits per heavy atom. The molecule has 1 aromatic heterocycles. The van der Waals surface area contributed by atoms with Crippen LogP contribution in [0.3, 0.4) is 0 Å². The maximum atomic E-state index is 12.5. The van der Waals surface area contributed by atoms with E-state index in [2.05, 4.69) is 4.98 Å². The second-order valence-corrected chi connectivity index (χ2v) is 4.75. The Morgan fingerprint density at radius 2 is 2.11 bits per heavy atom. The fourth-order valence-corrected chi connectivity index (χ4v) is 1.90. The Kier molecular flexibility index (Phi) is 5.81. The molecule has 0 radical (unpaired) electrons. The van der Waals surface area contributed by atoms with Gasteiger partial charge in [0, 0.05) is 31.6 Å². The van der Waals surface area contributed by atoms with E-state index in [0.29, 0.717) is 12.2 Å². The number of alkyl halides is 3. The Labute approximate surface area is 110 Å². The van der Waals surface area contributed by atoms with Crippen LogP contribution in [0.4, 0.5) is 13.2 Å². The summed E-state index contributed by atoms with van der Waals surface area (Å²) in [5.41, 5.74) is 0. The van der Waals surface area contributed by atoms with Gasteiger partial charge < -0.3 is 9.67 Å². The first kappa shape index (κ1) is 16.0. The van der Waals surface area contributed by atoms with Crippen molar-refractivity contribution in [1.29, 1.82) is 0 Å². The zero-order valence-electron chi connectivity index (χ0n) is 11.2. The molecule has 0 aromatic carbocycles. The van der Waals surface area contributed by atoms with Gasteiger partial charge in [-0.1, -0.05) is 0 Å². The molecule has 0 aliphatic heterocycles. The standard InChI is InChI=1S/C12H20F3N3O/c1-10(2)18-6-4-16-11(18)8-17(5-3-7-19)9-12(13,14)15/h4,6,10,19H,3,5,7-9H2,1-2H3. The predicted octanol–water partition coefficient (Wildman–Crippen LogP) is 2.21. The topological polar surface area (TPSA) is 41.3 Å². The molecule has 0 saturated heterocycles. The van der Waals surface area contributed by atoms with Crippen molar-refractivity contribution in [2.24, 2.45) is 0 Å². The number of hydrogen-bond acceptors (Lipinski definition) is 3. The van der Waals surface area contributed by atoms with E-state index in [4.69, 9.17) is 5.11 Å². The molecule has 7 heteroatoms. The number of nitrogens with zero attached hydrogens (tertiary/aromatic N) is 3. The van der Waals surface area contributed by atoms with Gasteiger partial charge in [0.2, 0.25) is 0 Å². The molecule has 0 atom stereocenters. The predicted molar refractivity (Wildman–Crippen MR) is 65.6 cm³/mol. The van der Waals surface area contributed by atoms with Gasteiger partial charge >= 0.3 is 6.18 Å². The molecule has 0 saturated carbocycles. The fourth-order valence-electron chi connectivity index (χ4n) is 1.90. The first-order chi connectivity index (χ1) is 8.83. The smallest absolute Gasteiger partial charge is 0.396 e. The molecule has 0 aliphatic rings. The number of aliphatic hydroxyl groups excluding tert-OH is 1. The molecule has 0 unspecified atom stereocenters. The van der Waals surface area contributed by atoms with Gasteiger partial charge in [-0.3, -0.25) is 4.90 Å². The summed E-state index contributed by atoms with van der Waals surface area (Å²) in [5, 5.41) is 8.75. The Hall–Kier alpha value is -1.08. The fraction of sp³-hybridized carbons (Fsp3) is 0.750. The van der Waals surface area contributed by atoms with Crippen LogP contribution >= 0.6 is 0 Å². The van der Waals surface area contributed by atoms with E-state index in [-0.39, 0.29) is 25.7 Å². The molecule has 19 heavy (non-hydrogen) atoms. The first-order valence-electron chi connectivity index (χ1n) is 6.25. The zero-order chi connectivity index (χ0) is 14.5. The summed E-state index contributed by atoms with van der Waals surface area (Å²) >= 11 is 0. The highest BCUT2D eigenvalue weighted by atomic mass is 19.4. The molecule has 0 aliphatic carbocycles. The molecule has 0 bridgehead atoms. The van der Waals surface area contributed by atoms with Crippen LogP contribution in [0.1, 0.15) is 32.1 Å². The number of hydrogen-bond donors (Lipinski definition) is 1. The van der Waals surface area contributed by atoms with Crippen LogP contribution in [0.5, 0.6) is 0 Å². The number of aromatic nitrogens is 2. The largest absolute Gasteiger partial charge is 0.401 e. The third-order valence-corrected chi connectivity index (χ3v) is 2.71. The summed E-state index contributed by atoms with van der Waals surface area (Å²) in [5.74, 6) is 0.609. The summed E-state index contributed by atoms with van der Waals surface area (Å²) in [4.78, 5) is 5.37. The average Bonchev–Trinajstić information content (AvgIpc) is 2.72. The summed E-state index contributed by atoms with van der Waals surface area (Å²) < 4.78 is 39.3. The maximum absolute atomic E-state index is 12.5. The molecule has 1 rings (SSSR count). The second kappa shape index (κ2) is 6.91. The number of halogens is 3. The highest BCUT2D eigenvalue weighted by Crippen LogP contribution is 2.19. The SMILES string of the molecule is CC(C)n1ccnc1CN(CCCO)CC(F)(F)F. The van der Waals surface area contributed by atoms with Crippen molar-refractivity contribution in [2.75, 3.05) is 19.7 Å². The summed E-state index contributed by atoms with van der Waals surface area (Å²) in [7, 11) is 0. The summed E-state index contributed by atoms with van der Waals surface area (Å²) in [6, 6.07) is 0.156. The molecular formula is C12H20F3N3O. The molecule has 110 valence electrons. The van der Waals surface area contributed by atoms with Crippen LogP contribution in [0.15, 0.2) is 12.4 Å².